The Balaban J connectivity index is 1.91. The Labute approximate surface area is 135 Å². The van der Waals surface area contributed by atoms with Crippen molar-refractivity contribution in [3.8, 4) is 5.75 Å². The highest BCUT2D eigenvalue weighted by atomic mass is 19.1. The van der Waals surface area contributed by atoms with Crippen molar-refractivity contribution in [1.82, 2.24) is 9.80 Å². The molecular weight excluding hydrogens is 303 g/mol. The first-order valence-corrected chi connectivity index (χ1v) is 7.65. The van der Waals surface area contributed by atoms with Gasteiger partial charge >= 0.3 is 0 Å². The Hall–Kier alpha value is -1.70. The van der Waals surface area contributed by atoms with E-state index in [2.05, 4.69) is 0 Å². The van der Waals surface area contributed by atoms with E-state index in [0.29, 0.717) is 32.8 Å². The van der Waals surface area contributed by atoms with Crippen LogP contribution < -0.4 is 4.74 Å². The van der Waals surface area contributed by atoms with Crippen molar-refractivity contribution in [2.24, 2.45) is 0 Å². The maximum atomic E-state index is 13.5. The second-order valence-corrected chi connectivity index (χ2v) is 5.52. The monoisotopic (exact) mass is 326 g/mol. The van der Waals surface area contributed by atoms with Gasteiger partial charge in [-0.1, -0.05) is 12.1 Å². The summed E-state index contributed by atoms with van der Waals surface area (Å²) in [6.45, 7) is 2.40. The summed E-state index contributed by atoms with van der Waals surface area (Å²) in [5, 5.41) is 8.97. The minimum Gasteiger partial charge on any atom is -0.481 e. The average molecular weight is 326 g/mol. The number of hydrogen-bond acceptors (Lipinski definition) is 5. The summed E-state index contributed by atoms with van der Waals surface area (Å²) in [7, 11) is 1.88. The van der Waals surface area contributed by atoms with Crippen LogP contribution in [0.4, 0.5) is 4.39 Å². The zero-order valence-corrected chi connectivity index (χ0v) is 13.3. The van der Waals surface area contributed by atoms with Crippen LogP contribution in [0.25, 0.3) is 0 Å². The number of para-hydroxylation sites is 1. The van der Waals surface area contributed by atoms with Gasteiger partial charge in [0, 0.05) is 19.6 Å². The minimum atomic E-state index is -0.485. The van der Waals surface area contributed by atoms with Gasteiger partial charge in [0.2, 0.25) is 0 Å². The lowest BCUT2D eigenvalue weighted by Gasteiger charge is -2.37. The number of nitrogens with zero attached hydrogens (tertiary/aromatic N) is 2. The molecule has 23 heavy (non-hydrogen) atoms. The van der Waals surface area contributed by atoms with Gasteiger partial charge in [0.1, 0.15) is 0 Å². The average Bonchev–Trinajstić information content (AvgIpc) is 2.54. The van der Waals surface area contributed by atoms with Crippen molar-refractivity contribution in [2.45, 2.75) is 6.04 Å². The molecule has 2 rings (SSSR count). The molecule has 1 aliphatic heterocycles. The van der Waals surface area contributed by atoms with Crippen molar-refractivity contribution in [3.05, 3.63) is 30.1 Å². The number of rotatable bonds is 7. The Morgan fingerprint density at radius 3 is 3.04 bits per heavy atom. The van der Waals surface area contributed by atoms with E-state index in [9.17, 15) is 9.18 Å². The van der Waals surface area contributed by atoms with Crippen LogP contribution in [-0.4, -0.2) is 80.0 Å². The third-order valence-corrected chi connectivity index (χ3v) is 3.74. The number of morpholine rings is 1. The van der Waals surface area contributed by atoms with Gasteiger partial charge in [0.05, 0.1) is 25.9 Å². The molecule has 6 nitrogen and oxygen atoms in total. The van der Waals surface area contributed by atoms with Crippen LogP contribution in [0.2, 0.25) is 0 Å². The van der Waals surface area contributed by atoms with Crippen molar-refractivity contribution < 1.29 is 23.8 Å². The molecule has 1 heterocycles. The van der Waals surface area contributed by atoms with E-state index in [1.54, 1.807) is 17.0 Å². The van der Waals surface area contributed by atoms with Gasteiger partial charge in [0.25, 0.3) is 5.91 Å². The topological polar surface area (TPSA) is 62.2 Å². The van der Waals surface area contributed by atoms with E-state index in [4.69, 9.17) is 14.6 Å². The predicted molar refractivity (Wildman–Crippen MR) is 82.8 cm³/mol. The van der Waals surface area contributed by atoms with Crippen LogP contribution in [-0.2, 0) is 9.53 Å². The zero-order valence-electron chi connectivity index (χ0n) is 13.3. The summed E-state index contributed by atoms with van der Waals surface area (Å²) in [5.74, 6) is -0.608. The summed E-state index contributed by atoms with van der Waals surface area (Å²) in [6.07, 6.45) is 0. The van der Waals surface area contributed by atoms with E-state index in [1.165, 1.54) is 12.1 Å². The van der Waals surface area contributed by atoms with Gasteiger partial charge in [-0.25, -0.2) is 4.39 Å². The van der Waals surface area contributed by atoms with Crippen LogP contribution in [0.3, 0.4) is 0 Å². The summed E-state index contributed by atoms with van der Waals surface area (Å²) in [4.78, 5) is 16.0. The van der Waals surface area contributed by atoms with Crippen molar-refractivity contribution in [2.75, 3.05) is 53.1 Å². The molecule has 0 radical (unpaired) electrons. The van der Waals surface area contributed by atoms with E-state index in [-0.39, 0.29) is 30.9 Å². The lowest BCUT2D eigenvalue weighted by atomic mass is 10.2. The number of ether oxygens (including phenoxy) is 2. The number of amides is 1. The number of halogens is 1. The molecule has 0 unspecified atom stereocenters. The maximum Gasteiger partial charge on any atom is 0.260 e. The molecule has 1 saturated heterocycles. The number of benzene rings is 1. The van der Waals surface area contributed by atoms with E-state index in [1.807, 2.05) is 11.9 Å². The highest BCUT2D eigenvalue weighted by Gasteiger charge is 2.28. The summed E-state index contributed by atoms with van der Waals surface area (Å²) in [5.41, 5.74) is 0. The third-order valence-electron chi connectivity index (χ3n) is 3.74. The van der Waals surface area contributed by atoms with E-state index < -0.39 is 5.82 Å². The fourth-order valence-corrected chi connectivity index (χ4v) is 2.54. The second kappa shape index (κ2) is 8.81. The lowest BCUT2D eigenvalue weighted by molar-refractivity contribution is -0.142. The van der Waals surface area contributed by atoms with Crippen LogP contribution >= 0.6 is 0 Å². The molecular formula is C16H23FN2O4. The third kappa shape index (κ3) is 5.16. The molecule has 7 heteroatoms. The molecule has 1 aromatic rings. The Bertz CT molecular complexity index is 515. The molecule has 0 bridgehead atoms. The lowest BCUT2D eigenvalue weighted by Crippen LogP contribution is -2.54. The summed E-state index contributed by atoms with van der Waals surface area (Å²) >= 11 is 0. The summed E-state index contributed by atoms with van der Waals surface area (Å²) < 4.78 is 24.2. The second-order valence-electron chi connectivity index (χ2n) is 5.52. The first-order chi connectivity index (χ1) is 11.1. The number of aliphatic hydroxyl groups excluding tert-OH is 1. The maximum absolute atomic E-state index is 13.5. The molecule has 1 atom stereocenters. The van der Waals surface area contributed by atoms with Crippen LogP contribution in [0.15, 0.2) is 24.3 Å². The normalized spacial score (nSPS) is 18.3. The van der Waals surface area contributed by atoms with Gasteiger partial charge in [-0.05, 0) is 19.2 Å². The molecule has 1 fully saturated rings. The van der Waals surface area contributed by atoms with Crippen molar-refractivity contribution in [3.63, 3.8) is 0 Å². The Morgan fingerprint density at radius 1 is 1.52 bits per heavy atom. The van der Waals surface area contributed by atoms with Crippen molar-refractivity contribution >= 4 is 5.91 Å². The van der Waals surface area contributed by atoms with E-state index >= 15 is 0 Å². The number of carbonyl (C=O) groups is 1. The van der Waals surface area contributed by atoms with Crippen LogP contribution in [0.1, 0.15) is 0 Å². The highest BCUT2D eigenvalue weighted by Crippen LogP contribution is 2.16. The Morgan fingerprint density at radius 2 is 2.30 bits per heavy atom. The number of aliphatic hydroxyl groups is 1. The smallest absolute Gasteiger partial charge is 0.260 e. The zero-order chi connectivity index (χ0) is 16.7. The predicted octanol–water partition coefficient (Wildman–Crippen LogP) is 0.356. The minimum absolute atomic E-state index is 0.0639. The van der Waals surface area contributed by atoms with E-state index in [0.717, 1.165) is 0 Å². The van der Waals surface area contributed by atoms with Crippen molar-refractivity contribution in [1.29, 1.82) is 0 Å². The van der Waals surface area contributed by atoms with Gasteiger partial charge in [-0.15, -0.1) is 0 Å². The highest BCUT2D eigenvalue weighted by molar-refractivity contribution is 5.78. The number of carbonyl (C=O) groups excluding carboxylic acids is 1. The molecule has 0 aliphatic carbocycles. The molecule has 0 saturated carbocycles. The Kier molecular flexibility index (Phi) is 6.76. The molecule has 0 aromatic heterocycles. The first-order valence-electron chi connectivity index (χ1n) is 7.65. The molecule has 128 valence electrons. The quantitative estimate of drug-likeness (QED) is 0.784. The molecule has 1 N–H and O–H groups in total. The van der Waals surface area contributed by atoms with Gasteiger partial charge in [-0.2, -0.15) is 0 Å². The molecule has 1 aromatic carbocycles. The molecule has 1 amide bonds. The fourth-order valence-electron chi connectivity index (χ4n) is 2.54. The fraction of sp³-hybridized carbons (Fsp3) is 0.562. The van der Waals surface area contributed by atoms with Gasteiger partial charge in [-0.3, -0.25) is 4.79 Å². The molecule has 1 aliphatic rings. The number of hydrogen-bond donors (Lipinski definition) is 1. The van der Waals surface area contributed by atoms with Crippen LogP contribution in [0, 0.1) is 5.82 Å². The first kappa shape index (κ1) is 17.7. The summed E-state index contributed by atoms with van der Waals surface area (Å²) in [6, 6.07) is 5.91. The number of likely N-dealkylation sites (N-methyl/N-ethyl adjacent to an activating group) is 1. The van der Waals surface area contributed by atoms with Crippen LogP contribution in [0.5, 0.6) is 5.75 Å². The SMILES string of the molecule is CN(CCO)C[C@H]1COCCN1C(=O)COc1ccccc1F. The largest absolute Gasteiger partial charge is 0.481 e. The standard InChI is InChI=1S/C16H23FN2O4/c1-18(6-8-20)10-13-11-22-9-7-19(13)16(21)12-23-15-5-3-2-4-14(15)17/h2-5,13,20H,6-12H2,1H3/t13-/m0/s1. The van der Waals surface area contributed by atoms with Gasteiger partial charge < -0.3 is 24.4 Å². The van der Waals surface area contributed by atoms with Gasteiger partial charge in [0.15, 0.2) is 18.2 Å². The molecule has 0 spiro atoms.